The molecule has 0 saturated heterocycles. The van der Waals surface area contributed by atoms with Crippen molar-refractivity contribution in [1.29, 1.82) is 0 Å². The van der Waals surface area contributed by atoms with E-state index in [9.17, 15) is 0 Å². The van der Waals surface area contributed by atoms with Gasteiger partial charge in [0.25, 0.3) is 0 Å². The van der Waals surface area contributed by atoms with E-state index in [0.717, 1.165) is 29.9 Å². The smallest absolute Gasteiger partial charge is 0.162 e. The molecule has 0 aliphatic carbocycles. The Balaban J connectivity index is 2.02. The van der Waals surface area contributed by atoms with Gasteiger partial charge in [-0.25, -0.2) is 0 Å². The first kappa shape index (κ1) is 18.4. The van der Waals surface area contributed by atoms with Crippen molar-refractivity contribution in [3.8, 4) is 17.2 Å². The van der Waals surface area contributed by atoms with Crippen LogP contribution in [0, 0.1) is 0 Å². The minimum absolute atomic E-state index is 0.626. The summed E-state index contributed by atoms with van der Waals surface area (Å²) in [5.41, 5.74) is 2.09. The van der Waals surface area contributed by atoms with Crippen molar-refractivity contribution in [3.05, 3.63) is 52.5 Å². The average Bonchev–Trinajstić information content (AvgIpc) is 2.61. The Labute approximate surface area is 148 Å². The minimum atomic E-state index is 0.626. The average molecular weight is 350 g/mol. The highest BCUT2D eigenvalue weighted by molar-refractivity contribution is 6.31. The molecule has 130 valence electrons. The lowest BCUT2D eigenvalue weighted by atomic mass is 10.1. The van der Waals surface area contributed by atoms with Crippen LogP contribution in [0.3, 0.4) is 0 Å². The SMILES string of the molecule is CCCOc1ccccc1CNCc1cc(OC)c(OC)cc1Cl. The fourth-order valence-corrected chi connectivity index (χ4v) is 2.59. The Morgan fingerprint density at radius 2 is 1.58 bits per heavy atom. The van der Waals surface area contributed by atoms with Crippen LogP contribution >= 0.6 is 11.6 Å². The predicted octanol–water partition coefficient (Wildman–Crippen LogP) is 4.44. The standard InChI is InChI=1S/C19H24ClNO3/c1-4-9-24-17-8-6-5-7-14(17)12-21-13-15-10-18(22-2)19(23-3)11-16(15)20/h5-8,10-11,21H,4,9,12-13H2,1-3H3. The summed E-state index contributed by atoms with van der Waals surface area (Å²) < 4.78 is 16.4. The molecule has 0 fully saturated rings. The third kappa shape index (κ3) is 4.79. The lowest BCUT2D eigenvalue weighted by Crippen LogP contribution is -2.14. The van der Waals surface area contributed by atoms with Crippen LogP contribution in [0.2, 0.25) is 5.02 Å². The number of methoxy groups -OCH3 is 2. The van der Waals surface area contributed by atoms with E-state index in [1.807, 2.05) is 24.3 Å². The van der Waals surface area contributed by atoms with Gasteiger partial charge in [0.15, 0.2) is 11.5 Å². The van der Waals surface area contributed by atoms with E-state index in [0.29, 0.717) is 29.6 Å². The zero-order valence-electron chi connectivity index (χ0n) is 14.4. The third-order valence-corrected chi connectivity index (χ3v) is 3.97. The summed E-state index contributed by atoms with van der Waals surface area (Å²) in [6, 6.07) is 11.7. The monoisotopic (exact) mass is 349 g/mol. The summed E-state index contributed by atoms with van der Waals surface area (Å²) in [5, 5.41) is 4.05. The molecule has 0 heterocycles. The topological polar surface area (TPSA) is 39.7 Å². The van der Waals surface area contributed by atoms with Crippen LogP contribution in [0.5, 0.6) is 17.2 Å². The molecule has 1 N–H and O–H groups in total. The third-order valence-electron chi connectivity index (χ3n) is 3.62. The van der Waals surface area contributed by atoms with Crippen molar-refractivity contribution >= 4 is 11.6 Å². The summed E-state index contributed by atoms with van der Waals surface area (Å²) >= 11 is 6.32. The molecule has 0 aliphatic rings. The number of hydrogen-bond acceptors (Lipinski definition) is 4. The molecule has 24 heavy (non-hydrogen) atoms. The van der Waals surface area contributed by atoms with Gasteiger partial charge in [0, 0.05) is 29.7 Å². The van der Waals surface area contributed by atoms with Gasteiger partial charge in [-0.15, -0.1) is 0 Å². The zero-order chi connectivity index (χ0) is 17.4. The van der Waals surface area contributed by atoms with Gasteiger partial charge >= 0.3 is 0 Å². The van der Waals surface area contributed by atoms with E-state index >= 15 is 0 Å². The van der Waals surface area contributed by atoms with Crippen molar-refractivity contribution in [2.24, 2.45) is 0 Å². The molecular formula is C19H24ClNO3. The molecule has 2 aromatic carbocycles. The number of ether oxygens (including phenoxy) is 3. The maximum Gasteiger partial charge on any atom is 0.162 e. The second-order valence-electron chi connectivity index (χ2n) is 5.36. The Bertz CT molecular complexity index is 661. The summed E-state index contributed by atoms with van der Waals surface area (Å²) in [6.45, 7) is 4.14. The summed E-state index contributed by atoms with van der Waals surface area (Å²) in [6.07, 6.45) is 0.989. The van der Waals surface area contributed by atoms with Gasteiger partial charge in [-0.3, -0.25) is 0 Å². The second-order valence-corrected chi connectivity index (χ2v) is 5.77. The van der Waals surface area contributed by atoms with E-state index < -0.39 is 0 Å². The highest BCUT2D eigenvalue weighted by atomic mass is 35.5. The van der Waals surface area contributed by atoms with E-state index in [-0.39, 0.29) is 0 Å². The molecule has 2 aromatic rings. The second kappa shape index (κ2) is 9.40. The Hall–Kier alpha value is -1.91. The summed E-state index contributed by atoms with van der Waals surface area (Å²) in [4.78, 5) is 0. The molecule has 0 aliphatic heterocycles. The van der Waals surface area contributed by atoms with Gasteiger partial charge in [-0.05, 0) is 24.1 Å². The largest absolute Gasteiger partial charge is 0.493 e. The van der Waals surface area contributed by atoms with Crippen LogP contribution in [-0.2, 0) is 13.1 Å². The first-order chi connectivity index (χ1) is 11.7. The van der Waals surface area contributed by atoms with Crippen molar-refractivity contribution in [2.45, 2.75) is 26.4 Å². The number of rotatable bonds is 9. The summed E-state index contributed by atoms with van der Waals surface area (Å²) in [7, 11) is 3.21. The number of hydrogen-bond donors (Lipinski definition) is 1. The van der Waals surface area contributed by atoms with Gasteiger partial charge in [-0.1, -0.05) is 36.7 Å². The van der Waals surface area contributed by atoms with Crippen molar-refractivity contribution in [1.82, 2.24) is 5.32 Å². The Kier molecular flexibility index (Phi) is 7.22. The normalized spacial score (nSPS) is 10.5. The van der Waals surface area contributed by atoms with E-state index in [1.165, 1.54) is 0 Å². The van der Waals surface area contributed by atoms with Crippen molar-refractivity contribution in [3.63, 3.8) is 0 Å². The predicted molar refractivity (Wildman–Crippen MR) is 97.3 cm³/mol. The Morgan fingerprint density at radius 1 is 0.917 bits per heavy atom. The van der Waals surface area contributed by atoms with E-state index in [4.69, 9.17) is 25.8 Å². The van der Waals surface area contributed by atoms with Gasteiger partial charge < -0.3 is 19.5 Å². The van der Waals surface area contributed by atoms with E-state index in [2.05, 4.69) is 18.3 Å². The maximum atomic E-state index is 6.32. The van der Waals surface area contributed by atoms with Crippen molar-refractivity contribution < 1.29 is 14.2 Å². The summed E-state index contributed by atoms with van der Waals surface area (Å²) in [5.74, 6) is 2.22. The quantitative estimate of drug-likeness (QED) is 0.726. The maximum absolute atomic E-state index is 6.32. The molecule has 0 saturated carbocycles. The Morgan fingerprint density at radius 3 is 2.29 bits per heavy atom. The van der Waals surface area contributed by atoms with Crippen molar-refractivity contribution in [2.75, 3.05) is 20.8 Å². The number of para-hydroxylation sites is 1. The molecule has 0 spiro atoms. The molecule has 4 nitrogen and oxygen atoms in total. The molecular weight excluding hydrogens is 326 g/mol. The lowest BCUT2D eigenvalue weighted by molar-refractivity contribution is 0.313. The zero-order valence-corrected chi connectivity index (χ0v) is 15.2. The molecule has 2 rings (SSSR count). The molecule has 0 atom stereocenters. The van der Waals surface area contributed by atoms with Crippen LogP contribution in [-0.4, -0.2) is 20.8 Å². The lowest BCUT2D eigenvalue weighted by Gasteiger charge is -2.14. The molecule has 0 amide bonds. The molecule has 0 radical (unpaired) electrons. The number of benzene rings is 2. The first-order valence-electron chi connectivity index (χ1n) is 8.01. The first-order valence-corrected chi connectivity index (χ1v) is 8.39. The van der Waals surface area contributed by atoms with Gasteiger partial charge in [0.2, 0.25) is 0 Å². The van der Waals surface area contributed by atoms with Crippen LogP contribution in [0.4, 0.5) is 0 Å². The van der Waals surface area contributed by atoms with Gasteiger partial charge in [0.1, 0.15) is 5.75 Å². The number of halogens is 1. The van der Waals surface area contributed by atoms with Crippen LogP contribution in [0.25, 0.3) is 0 Å². The van der Waals surface area contributed by atoms with Crippen LogP contribution in [0.15, 0.2) is 36.4 Å². The molecule has 0 unspecified atom stereocenters. The fraction of sp³-hybridized carbons (Fsp3) is 0.368. The molecule has 0 aromatic heterocycles. The molecule has 5 heteroatoms. The van der Waals surface area contributed by atoms with Gasteiger partial charge in [-0.2, -0.15) is 0 Å². The highest BCUT2D eigenvalue weighted by Crippen LogP contribution is 2.33. The van der Waals surface area contributed by atoms with Crippen LogP contribution in [0.1, 0.15) is 24.5 Å². The highest BCUT2D eigenvalue weighted by Gasteiger charge is 2.10. The van der Waals surface area contributed by atoms with E-state index in [1.54, 1.807) is 20.3 Å². The number of nitrogens with one attached hydrogen (secondary N) is 1. The fourth-order valence-electron chi connectivity index (χ4n) is 2.37. The van der Waals surface area contributed by atoms with Crippen LogP contribution < -0.4 is 19.5 Å². The minimum Gasteiger partial charge on any atom is -0.493 e. The van der Waals surface area contributed by atoms with Gasteiger partial charge in [0.05, 0.1) is 20.8 Å². The molecule has 0 bridgehead atoms.